The summed E-state index contributed by atoms with van der Waals surface area (Å²) in [7, 11) is 0. The van der Waals surface area contributed by atoms with Crippen LogP contribution in [-0.2, 0) is 6.54 Å². The highest BCUT2D eigenvalue weighted by molar-refractivity contribution is 5.93. The van der Waals surface area contributed by atoms with Gasteiger partial charge in [-0.3, -0.25) is 14.5 Å². The van der Waals surface area contributed by atoms with Crippen molar-refractivity contribution in [3.63, 3.8) is 0 Å². The van der Waals surface area contributed by atoms with Gasteiger partial charge in [0, 0.05) is 44.7 Å². The third kappa shape index (κ3) is 4.57. The number of amides is 1. The maximum absolute atomic E-state index is 15.0. The summed E-state index contributed by atoms with van der Waals surface area (Å²) in [6.07, 6.45) is -0.429. The van der Waals surface area contributed by atoms with Crippen molar-refractivity contribution >= 4 is 22.6 Å². The van der Waals surface area contributed by atoms with E-state index in [9.17, 15) is 27.2 Å². The number of H-pyrrole nitrogens is 1. The van der Waals surface area contributed by atoms with Crippen LogP contribution in [0, 0.1) is 18.7 Å². The Morgan fingerprint density at radius 3 is 2.51 bits per heavy atom. The lowest BCUT2D eigenvalue weighted by atomic mass is 10.1. The minimum absolute atomic E-state index is 0.0689. The Labute approximate surface area is 197 Å². The van der Waals surface area contributed by atoms with Crippen molar-refractivity contribution < 1.29 is 22.4 Å². The number of pyridine rings is 1. The van der Waals surface area contributed by atoms with E-state index in [0.717, 1.165) is 0 Å². The molecule has 2 fully saturated rings. The van der Waals surface area contributed by atoms with Gasteiger partial charge in [0.05, 0.1) is 17.2 Å². The van der Waals surface area contributed by atoms with Crippen LogP contribution in [0.1, 0.15) is 28.2 Å². The zero-order valence-electron chi connectivity index (χ0n) is 18.7. The van der Waals surface area contributed by atoms with Crippen molar-refractivity contribution in [3.8, 4) is 0 Å². The number of aromatic nitrogens is 3. The molecule has 2 N–H and O–H groups in total. The molecule has 5 rings (SSSR count). The third-order valence-corrected chi connectivity index (χ3v) is 6.36. The van der Waals surface area contributed by atoms with Gasteiger partial charge in [-0.1, -0.05) is 6.07 Å². The van der Waals surface area contributed by atoms with E-state index < -0.39 is 41.6 Å². The number of alkyl halides is 2. The Balaban J connectivity index is 1.22. The van der Waals surface area contributed by atoms with Crippen molar-refractivity contribution in [2.45, 2.75) is 31.9 Å². The number of carbonyl (C=O) groups is 1. The molecule has 1 saturated heterocycles. The molecule has 0 radical (unpaired) electrons. The first-order valence-corrected chi connectivity index (χ1v) is 11.1. The molecule has 3 aromatic rings. The topological polar surface area (TPSA) is 94.2 Å². The number of hydrogen-bond acceptors (Lipinski definition) is 6. The summed E-state index contributed by atoms with van der Waals surface area (Å²) in [5.74, 6) is -5.15. The lowest BCUT2D eigenvalue weighted by Crippen LogP contribution is -2.46. The highest BCUT2D eigenvalue weighted by Crippen LogP contribution is 2.41. The summed E-state index contributed by atoms with van der Waals surface area (Å²) in [5, 5.41) is 2.14. The number of aromatic amines is 1. The van der Waals surface area contributed by atoms with Gasteiger partial charge in [-0.05, 0) is 25.1 Å². The minimum atomic E-state index is -2.92. The number of hydrogen-bond donors (Lipinski definition) is 2. The Kier molecular flexibility index (Phi) is 5.70. The molecule has 3 heterocycles. The molecule has 12 heteroatoms. The molecule has 0 spiro atoms. The second-order valence-corrected chi connectivity index (χ2v) is 8.84. The number of aryl methyl sites for hydroxylation is 1. The van der Waals surface area contributed by atoms with Crippen molar-refractivity contribution in [2.24, 2.45) is 0 Å². The van der Waals surface area contributed by atoms with E-state index in [1.165, 1.54) is 12.1 Å². The zero-order valence-corrected chi connectivity index (χ0v) is 18.7. The zero-order chi connectivity index (χ0) is 24.9. The third-order valence-electron chi connectivity index (χ3n) is 6.36. The number of nitrogens with zero attached hydrogens (tertiary/aromatic N) is 4. The number of benzene rings is 1. The molecule has 1 amide bonds. The van der Waals surface area contributed by atoms with E-state index in [0.29, 0.717) is 43.8 Å². The SMILES string of the molecule is Cc1nc2ccc(CN3CCN(c4ccc(C(=O)NC5CC5(F)F)nc4F)CC3)c(F)c2[nH]c1=O. The smallest absolute Gasteiger partial charge is 0.270 e. The molecular weight excluding hydrogens is 468 g/mol. The molecule has 1 unspecified atom stereocenters. The fourth-order valence-electron chi connectivity index (χ4n) is 4.16. The van der Waals surface area contributed by atoms with Crippen LogP contribution in [0.15, 0.2) is 29.1 Å². The fraction of sp³-hybridized carbons (Fsp3) is 0.391. The number of anilines is 1. The first kappa shape index (κ1) is 23.2. The maximum Gasteiger partial charge on any atom is 0.270 e. The van der Waals surface area contributed by atoms with Gasteiger partial charge < -0.3 is 15.2 Å². The van der Waals surface area contributed by atoms with Gasteiger partial charge in [-0.25, -0.2) is 23.1 Å². The summed E-state index contributed by atoms with van der Waals surface area (Å²) in [6.45, 7) is 3.75. The highest BCUT2D eigenvalue weighted by atomic mass is 19.3. The number of halogens is 4. The number of nitrogens with one attached hydrogen (secondary N) is 2. The van der Waals surface area contributed by atoms with Crippen molar-refractivity contribution in [2.75, 3.05) is 31.1 Å². The monoisotopic (exact) mass is 490 g/mol. The fourth-order valence-corrected chi connectivity index (χ4v) is 4.16. The van der Waals surface area contributed by atoms with Crippen LogP contribution in [0.2, 0.25) is 0 Å². The minimum Gasteiger partial charge on any atom is -0.365 e. The number of rotatable bonds is 5. The van der Waals surface area contributed by atoms with E-state index in [-0.39, 0.29) is 22.6 Å². The Morgan fingerprint density at radius 2 is 1.86 bits per heavy atom. The summed E-state index contributed by atoms with van der Waals surface area (Å²) < 4.78 is 55.6. The average Bonchev–Trinajstić information content (AvgIpc) is 3.43. The first-order valence-electron chi connectivity index (χ1n) is 11.1. The average molecular weight is 490 g/mol. The molecule has 1 aliphatic heterocycles. The Hall–Kier alpha value is -3.54. The molecule has 1 aliphatic carbocycles. The van der Waals surface area contributed by atoms with Gasteiger partial charge in [0.2, 0.25) is 5.95 Å². The maximum atomic E-state index is 15.0. The Bertz CT molecular complexity index is 1370. The number of fused-ring (bicyclic) bond motifs is 1. The van der Waals surface area contributed by atoms with Gasteiger partial charge in [-0.15, -0.1) is 0 Å². The predicted molar refractivity (Wildman–Crippen MR) is 120 cm³/mol. The van der Waals surface area contributed by atoms with E-state index in [1.807, 2.05) is 4.90 Å². The summed E-state index contributed by atoms with van der Waals surface area (Å²) in [4.78, 5) is 37.9. The summed E-state index contributed by atoms with van der Waals surface area (Å²) >= 11 is 0. The lowest BCUT2D eigenvalue weighted by Gasteiger charge is -2.36. The Morgan fingerprint density at radius 1 is 1.14 bits per heavy atom. The van der Waals surface area contributed by atoms with E-state index in [4.69, 9.17) is 0 Å². The molecular formula is C23H22F4N6O2. The normalized spacial score (nSPS) is 19.7. The van der Waals surface area contributed by atoms with Crippen LogP contribution in [0.3, 0.4) is 0 Å². The van der Waals surface area contributed by atoms with E-state index >= 15 is 0 Å². The van der Waals surface area contributed by atoms with Crippen LogP contribution in [0.25, 0.3) is 11.0 Å². The predicted octanol–water partition coefficient (Wildman–Crippen LogP) is 2.36. The van der Waals surface area contributed by atoms with E-state index in [1.54, 1.807) is 24.0 Å². The molecule has 1 saturated carbocycles. The molecule has 2 aromatic heterocycles. The van der Waals surface area contributed by atoms with Crippen LogP contribution < -0.4 is 15.8 Å². The molecule has 1 atom stereocenters. The molecule has 1 aromatic carbocycles. The first-order chi connectivity index (χ1) is 16.6. The van der Waals surface area contributed by atoms with Crippen molar-refractivity contribution in [3.05, 3.63) is 63.3 Å². The molecule has 35 heavy (non-hydrogen) atoms. The van der Waals surface area contributed by atoms with Crippen LogP contribution in [-0.4, -0.2) is 63.9 Å². The highest BCUT2D eigenvalue weighted by Gasteiger charge is 2.58. The van der Waals surface area contributed by atoms with Crippen molar-refractivity contribution in [1.82, 2.24) is 25.2 Å². The largest absolute Gasteiger partial charge is 0.365 e. The number of piperazine rings is 1. The quantitative estimate of drug-likeness (QED) is 0.421. The lowest BCUT2D eigenvalue weighted by molar-refractivity contribution is 0.0844. The molecule has 184 valence electrons. The number of carbonyl (C=O) groups excluding carboxylic acids is 1. The summed E-state index contributed by atoms with van der Waals surface area (Å²) in [6, 6.07) is 4.78. The van der Waals surface area contributed by atoms with Gasteiger partial charge in [-0.2, -0.15) is 4.39 Å². The summed E-state index contributed by atoms with van der Waals surface area (Å²) in [5.41, 5.74) is 0.624. The van der Waals surface area contributed by atoms with Crippen molar-refractivity contribution in [1.29, 1.82) is 0 Å². The van der Waals surface area contributed by atoms with Crippen LogP contribution >= 0.6 is 0 Å². The van der Waals surface area contributed by atoms with Gasteiger partial charge in [0.15, 0.2) is 5.82 Å². The second kappa shape index (κ2) is 8.59. The van der Waals surface area contributed by atoms with Gasteiger partial charge in [0.25, 0.3) is 17.4 Å². The molecule has 8 nitrogen and oxygen atoms in total. The second-order valence-electron chi connectivity index (χ2n) is 8.84. The van der Waals surface area contributed by atoms with Gasteiger partial charge >= 0.3 is 0 Å². The standard InChI is InChI=1S/C23H22F4N6O2/c1-12-21(34)31-19-14(28-12)3-2-13(18(19)24)11-32-6-8-33(9-7-32)16-5-4-15(29-20(16)25)22(35)30-17-10-23(17,26)27/h2-5,17H,6-11H2,1H3,(H,30,35)(H,31,34). The van der Waals surface area contributed by atoms with Crippen LogP contribution in [0.5, 0.6) is 0 Å². The van der Waals surface area contributed by atoms with Crippen LogP contribution in [0.4, 0.5) is 23.2 Å². The van der Waals surface area contributed by atoms with E-state index in [2.05, 4.69) is 20.3 Å². The van der Waals surface area contributed by atoms with Gasteiger partial charge in [0.1, 0.15) is 16.9 Å². The molecule has 2 aliphatic rings. The molecule has 0 bridgehead atoms.